The van der Waals surface area contributed by atoms with E-state index in [0.29, 0.717) is 6.04 Å². The van der Waals surface area contributed by atoms with E-state index in [0.717, 1.165) is 30.4 Å². The van der Waals surface area contributed by atoms with Gasteiger partial charge in [-0.1, -0.05) is 24.3 Å². The Morgan fingerprint density at radius 1 is 1.38 bits per heavy atom. The van der Waals surface area contributed by atoms with Gasteiger partial charge in [-0.2, -0.15) is 0 Å². The summed E-state index contributed by atoms with van der Waals surface area (Å²) in [6.45, 7) is 1.07. The van der Waals surface area contributed by atoms with Crippen LogP contribution in [0.25, 0.3) is 0 Å². The highest BCUT2D eigenvalue weighted by Crippen LogP contribution is 2.24. The smallest absolute Gasteiger partial charge is 0.150 e. The van der Waals surface area contributed by atoms with Gasteiger partial charge in [0.15, 0.2) is 0 Å². The van der Waals surface area contributed by atoms with Gasteiger partial charge in [-0.05, 0) is 24.9 Å². The van der Waals surface area contributed by atoms with Gasteiger partial charge in [-0.3, -0.25) is 4.79 Å². The van der Waals surface area contributed by atoms with Crippen molar-refractivity contribution in [2.45, 2.75) is 18.9 Å². The zero-order valence-corrected chi connectivity index (χ0v) is 7.49. The molecule has 68 valence electrons. The van der Waals surface area contributed by atoms with Crippen molar-refractivity contribution in [1.29, 1.82) is 0 Å². The minimum atomic E-state index is 0.390. The highest BCUT2D eigenvalue weighted by molar-refractivity contribution is 5.77. The van der Waals surface area contributed by atoms with Gasteiger partial charge in [-0.25, -0.2) is 0 Å². The van der Waals surface area contributed by atoms with Gasteiger partial charge in [0.25, 0.3) is 0 Å². The summed E-state index contributed by atoms with van der Waals surface area (Å²) in [6, 6.07) is 8.20. The zero-order chi connectivity index (χ0) is 9.10. The number of rotatable bonds is 2. The van der Waals surface area contributed by atoms with Crippen molar-refractivity contribution >= 4 is 6.29 Å². The third-order valence-corrected chi connectivity index (χ3v) is 2.56. The molecule has 0 amide bonds. The van der Waals surface area contributed by atoms with Crippen LogP contribution in [0.2, 0.25) is 0 Å². The standard InChI is InChI=1S/C11H13NO/c13-8-9-4-1-2-5-10(9)11-6-3-7-12-11/h1-2,4-5,8,11-12H,3,6-7H2. The Balaban J connectivity index is 2.31. The highest BCUT2D eigenvalue weighted by Gasteiger charge is 2.17. The number of carbonyl (C=O) groups excluding carboxylic acids is 1. The molecular weight excluding hydrogens is 162 g/mol. The van der Waals surface area contributed by atoms with E-state index >= 15 is 0 Å². The Hall–Kier alpha value is -1.15. The van der Waals surface area contributed by atoms with Crippen LogP contribution in [0.15, 0.2) is 24.3 Å². The lowest BCUT2D eigenvalue weighted by Crippen LogP contribution is -2.14. The molecule has 1 saturated heterocycles. The fourth-order valence-electron chi connectivity index (χ4n) is 1.89. The average Bonchev–Trinajstić information content (AvgIpc) is 2.70. The molecule has 0 radical (unpaired) electrons. The van der Waals surface area contributed by atoms with E-state index in [2.05, 4.69) is 5.32 Å². The van der Waals surface area contributed by atoms with Crippen LogP contribution in [0.3, 0.4) is 0 Å². The van der Waals surface area contributed by atoms with E-state index in [1.165, 1.54) is 6.42 Å². The lowest BCUT2D eigenvalue weighted by atomic mass is 10.0. The molecule has 0 saturated carbocycles. The summed E-state index contributed by atoms with van der Waals surface area (Å²) < 4.78 is 0. The fraction of sp³-hybridized carbons (Fsp3) is 0.364. The van der Waals surface area contributed by atoms with Crippen LogP contribution in [0.1, 0.15) is 34.8 Å². The molecule has 1 fully saturated rings. The lowest BCUT2D eigenvalue weighted by molar-refractivity contribution is 0.112. The number of hydrogen-bond donors (Lipinski definition) is 1. The Morgan fingerprint density at radius 2 is 2.23 bits per heavy atom. The number of nitrogens with one attached hydrogen (secondary N) is 1. The predicted molar refractivity (Wildman–Crippen MR) is 51.8 cm³/mol. The molecule has 1 aliphatic heterocycles. The van der Waals surface area contributed by atoms with Crippen LogP contribution in [0, 0.1) is 0 Å². The second kappa shape index (κ2) is 3.71. The summed E-state index contributed by atoms with van der Waals surface area (Å²) in [6.07, 6.45) is 3.29. The van der Waals surface area contributed by atoms with Gasteiger partial charge >= 0.3 is 0 Å². The fourth-order valence-corrected chi connectivity index (χ4v) is 1.89. The topological polar surface area (TPSA) is 29.1 Å². The van der Waals surface area contributed by atoms with Crippen LogP contribution in [-0.4, -0.2) is 12.8 Å². The van der Waals surface area contributed by atoms with E-state index in [1.807, 2.05) is 24.3 Å². The maximum absolute atomic E-state index is 10.8. The molecule has 2 heteroatoms. The molecular formula is C11H13NO. The first-order valence-electron chi connectivity index (χ1n) is 4.69. The van der Waals surface area contributed by atoms with Crippen LogP contribution < -0.4 is 5.32 Å². The van der Waals surface area contributed by atoms with Crippen LogP contribution in [0.4, 0.5) is 0 Å². The molecule has 2 rings (SSSR count). The second-order valence-electron chi connectivity index (χ2n) is 3.40. The molecule has 1 aromatic rings. The van der Waals surface area contributed by atoms with Crippen molar-refractivity contribution in [3.63, 3.8) is 0 Å². The summed E-state index contributed by atoms with van der Waals surface area (Å²) in [4.78, 5) is 10.8. The first kappa shape index (κ1) is 8.45. The third-order valence-electron chi connectivity index (χ3n) is 2.56. The largest absolute Gasteiger partial charge is 0.310 e. The normalized spacial score (nSPS) is 21.7. The molecule has 1 heterocycles. The number of hydrogen-bond acceptors (Lipinski definition) is 2. The van der Waals surface area contributed by atoms with Crippen molar-refractivity contribution in [3.8, 4) is 0 Å². The summed E-state index contributed by atoms with van der Waals surface area (Å²) >= 11 is 0. The molecule has 1 aromatic carbocycles. The van der Waals surface area contributed by atoms with Crippen molar-refractivity contribution in [1.82, 2.24) is 5.32 Å². The SMILES string of the molecule is O=Cc1ccccc1C1CCCN1. The molecule has 2 nitrogen and oxygen atoms in total. The molecule has 1 aliphatic rings. The molecule has 1 N–H and O–H groups in total. The molecule has 0 bridgehead atoms. The van der Waals surface area contributed by atoms with Gasteiger partial charge in [0.05, 0.1) is 0 Å². The maximum atomic E-state index is 10.8. The summed E-state index contributed by atoms with van der Waals surface area (Å²) in [5.41, 5.74) is 1.97. The van der Waals surface area contributed by atoms with Crippen molar-refractivity contribution < 1.29 is 4.79 Å². The summed E-state index contributed by atoms with van der Waals surface area (Å²) in [5.74, 6) is 0. The zero-order valence-electron chi connectivity index (χ0n) is 7.49. The minimum Gasteiger partial charge on any atom is -0.310 e. The first-order valence-corrected chi connectivity index (χ1v) is 4.69. The van der Waals surface area contributed by atoms with Crippen molar-refractivity contribution in [2.24, 2.45) is 0 Å². The monoisotopic (exact) mass is 175 g/mol. The summed E-state index contributed by atoms with van der Waals surface area (Å²) in [7, 11) is 0. The molecule has 0 spiro atoms. The third kappa shape index (κ3) is 1.63. The van der Waals surface area contributed by atoms with Gasteiger partial charge in [0.1, 0.15) is 6.29 Å². The Bertz CT molecular complexity index is 303. The van der Waals surface area contributed by atoms with E-state index in [-0.39, 0.29) is 0 Å². The van der Waals surface area contributed by atoms with Crippen molar-refractivity contribution in [3.05, 3.63) is 35.4 Å². The number of aldehydes is 1. The van der Waals surface area contributed by atoms with Gasteiger partial charge in [0, 0.05) is 11.6 Å². The quantitative estimate of drug-likeness (QED) is 0.696. The Morgan fingerprint density at radius 3 is 2.92 bits per heavy atom. The molecule has 0 aromatic heterocycles. The van der Waals surface area contributed by atoms with Gasteiger partial charge in [0.2, 0.25) is 0 Å². The average molecular weight is 175 g/mol. The number of carbonyl (C=O) groups is 1. The molecule has 1 unspecified atom stereocenters. The molecule has 1 atom stereocenters. The summed E-state index contributed by atoms with van der Waals surface area (Å²) in [5, 5.41) is 3.39. The number of benzene rings is 1. The second-order valence-corrected chi connectivity index (χ2v) is 3.40. The highest BCUT2D eigenvalue weighted by atomic mass is 16.1. The van der Waals surface area contributed by atoms with E-state index in [9.17, 15) is 4.79 Å². The van der Waals surface area contributed by atoms with E-state index in [4.69, 9.17) is 0 Å². The van der Waals surface area contributed by atoms with E-state index < -0.39 is 0 Å². The van der Waals surface area contributed by atoms with Crippen LogP contribution in [-0.2, 0) is 0 Å². The Kier molecular flexibility index (Phi) is 2.41. The first-order chi connectivity index (χ1) is 6.42. The lowest BCUT2D eigenvalue weighted by Gasteiger charge is -2.12. The molecule has 0 aliphatic carbocycles. The molecule has 13 heavy (non-hydrogen) atoms. The van der Waals surface area contributed by atoms with Gasteiger partial charge < -0.3 is 5.32 Å². The predicted octanol–water partition coefficient (Wildman–Crippen LogP) is 1.92. The van der Waals surface area contributed by atoms with E-state index in [1.54, 1.807) is 0 Å². The minimum absolute atomic E-state index is 0.390. The van der Waals surface area contributed by atoms with Gasteiger partial charge in [-0.15, -0.1) is 0 Å². The van der Waals surface area contributed by atoms with Crippen LogP contribution >= 0.6 is 0 Å². The maximum Gasteiger partial charge on any atom is 0.150 e. The van der Waals surface area contributed by atoms with Crippen LogP contribution in [0.5, 0.6) is 0 Å². The van der Waals surface area contributed by atoms with Crippen molar-refractivity contribution in [2.75, 3.05) is 6.54 Å². The Labute approximate surface area is 78.0 Å².